The molecule has 0 aliphatic heterocycles. The van der Waals surface area contributed by atoms with Crippen LogP contribution in [0.5, 0.6) is 5.75 Å². The van der Waals surface area contributed by atoms with E-state index in [2.05, 4.69) is 22.2 Å². The second-order valence-electron chi connectivity index (χ2n) is 4.80. The smallest absolute Gasteiger partial charge is 0.161 e. The van der Waals surface area contributed by atoms with Gasteiger partial charge in [-0.15, -0.1) is 0 Å². The molecule has 1 saturated carbocycles. The molecule has 0 spiro atoms. The molecule has 1 fully saturated rings. The van der Waals surface area contributed by atoms with Crippen LogP contribution >= 0.6 is 11.8 Å². The summed E-state index contributed by atoms with van der Waals surface area (Å²) < 4.78 is 7.30. The highest BCUT2D eigenvalue weighted by Crippen LogP contribution is 2.33. The van der Waals surface area contributed by atoms with E-state index in [4.69, 9.17) is 4.74 Å². The Morgan fingerprint density at radius 1 is 1.56 bits per heavy atom. The van der Waals surface area contributed by atoms with E-state index < -0.39 is 0 Å². The molecule has 4 nitrogen and oxygen atoms in total. The Morgan fingerprint density at radius 2 is 2.28 bits per heavy atom. The monoisotopic (exact) mass is 269 g/mol. The number of aryl methyl sites for hydroxylation is 1. The summed E-state index contributed by atoms with van der Waals surface area (Å²) in [5.74, 6) is 1.96. The van der Waals surface area contributed by atoms with Gasteiger partial charge in [-0.25, -0.2) is 0 Å². The van der Waals surface area contributed by atoms with Gasteiger partial charge in [0.1, 0.15) is 0 Å². The first-order valence-electron chi connectivity index (χ1n) is 6.61. The van der Waals surface area contributed by atoms with Crippen molar-refractivity contribution in [3.63, 3.8) is 0 Å². The van der Waals surface area contributed by atoms with E-state index >= 15 is 0 Å². The molecule has 2 rings (SSSR count). The first-order chi connectivity index (χ1) is 8.76. The van der Waals surface area contributed by atoms with E-state index in [0.29, 0.717) is 6.04 Å². The molecule has 1 aromatic heterocycles. The first-order valence-corrected chi connectivity index (χ1v) is 7.66. The largest absolute Gasteiger partial charge is 0.493 e. The fourth-order valence-corrected chi connectivity index (χ4v) is 4.02. The quantitative estimate of drug-likeness (QED) is 0.860. The van der Waals surface area contributed by atoms with Gasteiger partial charge in [0.2, 0.25) is 0 Å². The number of hydrogen-bond acceptors (Lipinski definition) is 4. The minimum absolute atomic E-state index is 0.304. The number of ether oxygens (including phenoxy) is 1. The summed E-state index contributed by atoms with van der Waals surface area (Å²) in [6, 6.07) is 0.304. The maximum absolute atomic E-state index is 5.39. The molecular formula is C13H23N3OS. The van der Waals surface area contributed by atoms with Crippen LogP contribution in [0.2, 0.25) is 0 Å². The van der Waals surface area contributed by atoms with Gasteiger partial charge in [-0.1, -0.05) is 12.8 Å². The standard InChI is InChI=1S/C13H23N3OS/c1-14-11(9-18-10-6-4-5-7-10)13-12(17-3)8-15-16(13)2/h8,10-11,14H,4-7,9H2,1-3H3. The van der Waals surface area contributed by atoms with Crippen LogP contribution in [0.3, 0.4) is 0 Å². The lowest BCUT2D eigenvalue weighted by Gasteiger charge is -2.19. The summed E-state index contributed by atoms with van der Waals surface area (Å²) in [7, 11) is 5.69. The molecule has 1 N–H and O–H groups in total. The van der Waals surface area contributed by atoms with Gasteiger partial charge in [0.25, 0.3) is 0 Å². The van der Waals surface area contributed by atoms with E-state index in [-0.39, 0.29) is 0 Å². The highest BCUT2D eigenvalue weighted by atomic mass is 32.2. The van der Waals surface area contributed by atoms with Gasteiger partial charge in [-0.2, -0.15) is 16.9 Å². The Labute approximate surface area is 113 Å². The third kappa shape index (κ3) is 3.01. The average Bonchev–Trinajstić information content (AvgIpc) is 3.01. The summed E-state index contributed by atoms with van der Waals surface area (Å²) in [5.41, 5.74) is 1.14. The van der Waals surface area contributed by atoms with Crippen LogP contribution in [0.25, 0.3) is 0 Å². The number of nitrogens with one attached hydrogen (secondary N) is 1. The van der Waals surface area contributed by atoms with Crippen molar-refractivity contribution >= 4 is 11.8 Å². The third-order valence-electron chi connectivity index (χ3n) is 3.65. The molecule has 5 heteroatoms. The molecule has 0 bridgehead atoms. The summed E-state index contributed by atoms with van der Waals surface area (Å²) in [6.07, 6.45) is 7.35. The number of aromatic nitrogens is 2. The molecule has 1 aliphatic carbocycles. The number of nitrogens with zero attached hydrogens (tertiary/aromatic N) is 2. The number of methoxy groups -OCH3 is 1. The van der Waals surface area contributed by atoms with E-state index in [1.165, 1.54) is 25.7 Å². The van der Waals surface area contributed by atoms with Crippen LogP contribution in [-0.2, 0) is 7.05 Å². The van der Waals surface area contributed by atoms with Crippen molar-refractivity contribution in [2.24, 2.45) is 7.05 Å². The molecule has 102 valence electrons. The van der Waals surface area contributed by atoms with Crippen molar-refractivity contribution < 1.29 is 4.74 Å². The molecule has 0 aromatic carbocycles. The van der Waals surface area contributed by atoms with Crippen LogP contribution < -0.4 is 10.1 Å². The molecule has 1 atom stereocenters. The predicted octanol–water partition coefficient (Wildman–Crippen LogP) is 2.37. The molecule has 18 heavy (non-hydrogen) atoms. The van der Waals surface area contributed by atoms with Crippen LogP contribution in [0, 0.1) is 0 Å². The number of hydrogen-bond donors (Lipinski definition) is 1. The number of thioether (sulfide) groups is 1. The Hall–Kier alpha value is -0.680. The molecule has 0 saturated heterocycles. The maximum Gasteiger partial charge on any atom is 0.161 e. The predicted molar refractivity (Wildman–Crippen MR) is 76.3 cm³/mol. The van der Waals surface area contributed by atoms with Gasteiger partial charge in [-0.05, 0) is 19.9 Å². The SMILES string of the molecule is CNC(CSC1CCCC1)c1c(OC)cnn1C. The Bertz CT molecular complexity index is 374. The van der Waals surface area contributed by atoms with Crippen molar-refractivity contribution in [1.29, 1.82) is 0 Å². The van der Waals surface area contributed by atoms with Crippen molar-refractivity contribution in [2.45, 2.75) is 37.0 Å². The van der Waals surface area contributed by atoms with Gasteiger partial charge in [0.05, 0.1) is 25.0 Å². The van der Waals surface area contributed by atoms with E-state index in [1.54, 1.807) is 13.3 Å². The zero-order valence-electron chi connectivity index (χ0n) is 11.5. The molecule has 1 heterocycles. The van der Waals surface area contributed by atoms with Crippen LogP contribution in [-0.4, -0.2) is 34.9 Å². The third-order valence-corrected chi connectivity index (χ3v) is 5.12. The van der Waals surface area contributed by atoms with Crippen molar-refractivity contribution in [3.05, 3.63) is 11.9 Å². The van der Waals surface area contributed by atoms with Crippen molar-refractivity contribution in [2.75, 3.05) is 19.9 Å². The minimum atomic E-state index is 0.304. The summed E-state index contributed by atoms with van der Waals surface area (Å²) in [4.78, 5) is 0. The fourth-order valence-electron chi connectivity index (χ4n) is 2.57. The second-order valence-corrected chi connectivity index (χ2v) is 6.14. The Kier molecular flexibility index (Phi) is 4.95. The van der Waals surface area contributed by atoms with Crippen molar-refractivity contribution in [3.8, 4) is 5.75 Å². The van der Waals surface area contributed by atoms with Gasteiger partial charge < -0.3 is 10.1 Å². The summed E-state index contributed by atoms with van der Waals surface area (Å²) in [5, 5.41) is 8.51. The second kappa shape index (κ2) is 6.48. The fraction of sp³-hybridized carbons (Fsp3) is 0.769. The van der Waals surface area contributed by atoms with E-state index in [1.807, 2.05) is 18.8 Å². The zero-order valence-corrected chi connectivity index (χ0v) is 12.3. The lowest BCUT2D eigenvalue weighted by Crippen LogP contribution is -2.23. The Balaban J connectivity index is 2.00. The highest BCUT2D eigenvalue weighted by molar-refractivity contribution is 7.99. The molecular weight excluding hydrogens is 246 g/mol. The molecule has 1 unspecified atom stereocenters. The summed E-state index contributed by atoms with van der Waals surface area (Å²) in [6.45, 7) is 0. The van der Waals surface area contributed by atoms with Gasteiger partial charge >= 0.3 is 0 Å². The van der Waals surface area contributed by atoms with Gasteiger partial charge in [0, 0.05) is 18.1 Å². The van der Waals surface area contributed by atoms with Gasteiger partial charge in [-0.3, -0.25) is 4.68 Å². The van der Waals surface area contributed by atoms with Crippen LogP contribution in [0.4, 0.5) is 0 Å². The van der Waals surface area contributed by atoms with Crippen molar-refractivity contribution in [1.82, 2.24) is 15.1 Å². The average molecular weight is 269 g/mol. The normalized spacial score (nSPS) is 18.2. The molecule has 0 radical (unpaired) electrons. The minimum Gasteiger partial charge on any atom is -0.493 e. The highest BCUT2D eigenvalue weighted by Gasteiger charge is 2.22. The zero-order chi connectivity index (χ0) is 13.0. The van der Waals surface area contributed by atoms with Crippen LogP contribution in [0.15, 0.2) is 6.20 Å². The maximum atomic E-state index is 5.39. The number of rotatable bonds is 6. The molecule has 1 aliphatic rings. The van der Waals surface area contributed by atoms with Crippen LogP contribution in [0.1, 0.15) is 37.4 Å². The van der Waals surface area contributed by atoms with Gasteiger partial charge in [0.15, 0.2) is 5.75 Å². The molecule has 0 amide bonds. The van der Waals surface area contributed by atoms with E-state index in [0.717, 1.165) is 22.4 Å². The topological polar surface area (TPSA) is 39.1 Å². The lowest BCUT2D eigenvalue weighted by atomic mass is 10.2. The first kappa shape index (κ1) is 13.7. The summed E-state index contributed by atoms with van der Waals surface area (Å²) >= 11 is 2.08. The van der Waals surface area contributed by atoms with E-state index in [9.17, 15) is 0 Å². The molecule has 1 aromatic rings. The Morgan fingerprint density at radius 3 is 2.89 bits per heavy atom. The lowest BCUT2D eigenvalue weighted by molar-refractivity contribution is 0.401.